The van der Waals surface area contributed by atoms with E-state index in [4.69, 9.17) is 39.1 Å². The molecule has 9 rings (SSSR count). The summed E-state index contributed by atoms with van der Waals surface area (Å²) in [5.41, 5.74) is 3.53. The van der Waals surface area contributed by atoms with Gasteiger partial charge in [-0.05, 0) is 71.0 Å². The van der Waals surface area contributed by atoms with Gasteiger partial charge in [0, 0.05) is 29.5 Å². The largest absolute Gasteiger partial charge is 0.376 e. The van der Waals surface area contributed by atoms with Gasteiger partial charge >= 0.3 is 7.74 Å². The zero-order valence-corrected chi connectivity index (χ0v) is 42.2. The second-order valence-corrected chi connectivity index (χ2v) is 19.8. The van der Waals surface area contributed by atoms with Gasteiger partial charge in [-0.2, -0.15) is 4.74 Å². The van der Waals surface area contributed by atoms with E-state index in [-0.39, 0.29) is 74.0 Å². The van der Waals surface area contributed by atoms with Crippen LogP contribution in [-0.2, 0) is 32.5 Å². The van der Waals surface area contributed by atoms with Gasteiger partial charge in [-0.3, -0.25) is 37.1 Å². The number of carbonyl (C=O) groups excluding carboxylic acids is 3. The highest BCUT2D eigenvalue weighted by molar-refractivity contribution is 7.51. The van der Waals surface area contributed by atoms with Crippen LogP contribution in [-0.4, -0.2) is 120 Å². The number of anilines is 2. The summed E-state index contributed by atoms with van der Waals surface area (Å²) in [6.45, 7) is 16.6. The Kier molecular flexibility index (Phi) is 16.3. The van der Waals surface area contributed by atoms with Crippen LogP contribution in [0.2, 0.25) is 0 Å². The number of ether oxygens (including phenoxy) is 4. The molecule has 3 amide bonds. The molecule has 0 aliphatic carbocycles. The van der Waals surface area contributed by atoms with E-state index in [9.17, 15) is 14.4 Å². The average molecular weight is 1030 g/mol. The van der Waals surface area contributed by atoms with Crippen molar-refractivity contribution in [3.8, 4) is 0 Å². The fourth-order valence-electron chi connectivity index (χ4n) is 8.37. The number of carbonyl (C=O) groups is 3. The maximum atomic E-state index is 14.3. The van der Waals surface area contributed by atoms with Crippen LogP contribution >= 0.6 is 7.74 Å². The highest BCUT2D eigenvalue weighted by atomic mass is 31.2. The summed E-state index contributed by atoms with van der Waals surface area (Å²) in [7, 11) is -4.19. The highest BCUT2D eigenvalue weighted by Gasteiger charge is 2.45. The van der Waals surface area contributed by atoms with Gasteiger partial charge < -0.3 is 34.4 Å². The predicted molar refractivity (Wildman–Crippen MR) is 271 cm³/mol. The molecule has 4 aromatic heterocycles. The minimum atomic E-state index is -4.19. The summed E-state index contributed by atoms with van der Waals surface area (Å²) in [6.07, 6.45) is 1.33. The number of nitrogens with zero attached hydrogens (tertiary/aromatic N) is 10. The zero-order valence-electron chi connectivity index (χ0n) is 41.3. The third-order valence-corrected chi connectivity index (χ3v) is 13.9. The number of amides is 3. The van der Waals surface area contributed by atoms with E-state index >= 15 is 0 Å². The first kappa shape index (κ1) is 51.7. The first-order valence-electron chi connectivity index (χ1n) is 24.1. The maximum absolute atomic E-state index is 14.3. The highest BCUT2D eigenvalue weighted by Crippen LogP contribution is 2.57. The van der Waals surface area contributed by atoms with Crippen LogP contribution in [0.5, 0.6) is 0 Å². The first-order chi connectivity index (χ1) is 35.9. The van der Waals surface area contributed by atoms with E-state index in [0.29, 0.717) is 39.9 Å². The van der Waals surface area contributed by atoms with E-state index in [1.54, 1.807) is 94.6 Å². The van der Waals surface area contributed by atoms with Crippen molar-refractivity contribution in [2.24, 2.45) is 4.74 Å². The van der Waals surface area contributed by atoms with Gasteiger partial charge in [0.2, 0.25) is 6.54 Å². The van der Waals surface area contributed by atoms with Crippen molar-refractivity contribution in [3.63, 3.8) is 0 Å². The normalized spacial score (nSPS) is 20.5. The molecule has 2 fully saturated rings. The van der Waals surface area contributed by atoms with Crippen molar-refractivity contribution in [2.45, 2.75) is 96.5 Å². The lowest BCUT2D eigenvalue weighted by Crippen LogP contribution is -2.33. The number of fused-ring (bicyclic) bond motifs is 2. The summed E-state index contributed by atoms with van der Waals surface area (Å²) in [4.78, 5) is 71.0. The minimum absolute atomic E-state index is 0.0601. The Balaban J connectivity index is 1.03. The third kappa shape index (κ3) is 12.1. The lowest BCUT2D eigenvalue weighted by Gasteiger charge is -2.29. The monoisotopic (exact) mass is 1030 g/mol. The van der Waals surface area contributed by atoms with Crippen molar-refractivity contribution < 1.29 is 46.9 Å². The Hall–Kier alpha value is -7.19. The van der Waals surface area contributed by atoms with Crippen LogP contribution in [0.25, 0.3) is 27.2 Å². The number of benzene rings is 3. The van der Waals surface area contributed by atoms with E-state index in [0.717, 1.165) is 5.56 Å². The SMILES string of the molecule is [C-]#[N+]CCOP(=NC(=O)c1ccc(C)cc1)(OCC1OC(n2cnc3c(NC(=O)c4ccccc4)ncnc32)C[C@H]1OC(C)C)O[C@@H]1CC(n2cnc3c(NC(=O)c4ccccc4)ncnc32)OC1COC(C)C. The topological polar surface area (TPSA) is 244 Å². The van der Waals surface area contributed by atoms with Crippen molar-refractivity contribution >= 4 is 59.4 Å². The summed E-state index contributed by atoms with van der Waals surface area (Å²) >= 11 is 0. The Morgan fingerprint density at radius 2 is 1.24 bits per heavy atom. The Labute approximate surface area is 426 Å². The molecule has 3 aromatic carbocycles. The van der Waals surface area contributed by atoms with Crippen LogP contribution in [0.1, 0.15) is 89.6 Å². The molecule has 2 aliphatic heterocycles. The molecule has 2 N–H and O–H groups in total. The van der Waals surface area contributed by atoms with Gasteiger partial charge in [-0.1, -0.05) is 54.1 Å². The second kappa shape index (κ2) is 23.3. The van der Waals surface area contributed by atoms with Crippen molar-refractivity contribution in [1.82, 2.24) is 39.0 Å². The summed E-state index contributed by atoms with van der Waals surface area (Å²) in [5.74, 6) is -0.975. The predicted octanol–water partition coefficient (Wildman–Crippen LogP) is 8.40. The quantitative estimate of drug-likeness (QED) is 0.0413. The molecule has 0 saturated carbocycles. The number of nitrogens with one attached hydrogen (secondary N) is 2. The van der Waals surface area contributed by atoms with Gasteiger partial charge in [-0.15, -0.1) is 0 Å². The van der Waals surface area contributed by atoms with Gasteiger partial charge in [0.25, 0.3) is 17.7 Å². The lowest BCUT2D eigenvalue weighted by atomic mass is 10.1. The van der Waals surface area contributed by atoms with Gasteiger partial charge in [0.1, 0.15) is 50.0 Å². The lowest BCUT2D eigenvalue weighted by molar-refractivity contribution is -0.0808. The Morgan fingerprint density at radius 1 is 0.703 bits per heavy atom. The number of aryl methyl sites for hydroxylation is 1. The molecule has 0 bridgehead atoms. The van der Waals surface area contributed by atoms with E-state index in [2.05, 4.69) is 50.1 Å². The van der Waals surface area contributed by atoms with E-state index in [1.165, 1.54) is 12.7 Å². The standard InChI is InChI=1S/C51H55N12O10P/c1-31(2)67-25-39-38(24-42(71-39)63-30-58-44-46(54-28-56-48(44)63)60-50(65)35-15-11-8-12-16-35)73-74(68-22-21-52-6,61-51(66)36-19-17-33(5)18-20-36)69-26-40-37(70-32(3)4)23-41(72-40)62-29-57-43-45(53-27-55-47(43)62)59-49(64)34-13-9-7-10-14-34/h7-20,27-32,37-42H,21-26H2,1-5H3,(H,53,55,59,64)(H,54,56,60,65)/t37-,38-,39?,40?,41?,42?,74?/m1/s1. The third-order valence-electron chi connectivity index (χ3n) is 11.9. The fourth-order valence-corrected chi connectivity index (χ4v) is 10.3. The molecule has 22 nitrogen and oxygen atoms in total. The zero-order chi connectivity index (χ0) is 51.8. The van der Waals surface area contributed by atoms with Crippen LogP contribution < -0.4 is 10.6 Å². The molecule has 6 heterocycles. The molecule has 23 heteroatoms. The van der Waals surface area contributed by atoms with E-state index in [1.807, 2.05) is 46.8 Å². The average Bonchev–Trinajstić information content (AvgIpc) is 4.22. The van der Waals surface area contributed by atoms with Gasteiger partial charge in [0.15, 0.2) is 34.0 Å². The van der Waals surface area contributed by atoms with Crippen molar-refractivity contribution in [3.05, 3.63) is 144 Å². The number of hydrogen-bond donors (Lipinski definition) is 2. The summed E-state index contributed by atoms with van der Waals surface area (Å²) < 4.78 is 54.3. The smallest absolute Gasteiger partial charge is 0.364 e. The van der Waals surface area contributed by atoms with Crippen molar-refractivity contribution in [2.75, 3.05) is 37.0 Å². The molecule has 2 saturated heterocycles. The molecule has 0 radical (unpaired) electrons. The number of hydrogen-bond acceptors (Lipinski definition) is 16. The molecular weight excluding hydrogens is 972 g/mol. The molecule has 7 atom stereocenters. The summed E-state index contributed by atoms with van der Waals surface area (Å²) in [5, 5.41) is 5.68. The summed E-state index contributed by atoms with van der Waals surface area (Å²) in [6, 6.07) is 24.4. The molecule has 0 spiro atoms. The Bertz CT molecular complexity index is 3190. The van der Waals surface area contributed by atoms with Crippen LogP contribution in [0.3, 0.4) is 0 Å². The molecule has 384 valence electrons. The first-order valence-corrected chi connectivity index (χ1v) is 25.6. The Morgan fingerprint density at radius 3 is 1.77 bits per heavy atom. The van der Waals surface area contributed by atoms with Gasteiger partial charge in [0.05, 0.1) is 44.2 Å². The van der Waals surface area contributed by atoms with Crippen LogP contribution in [0, 0.1) is 13.5 Å². The molecule has 5 unspecified atom stereocenters. The minimum Gasteiger partial charge on any atom is -0.376 e. The molecule has 7 aromatic rings. The second-order valence-electron chi connectivity index (χ2n) is 18.0. The molecule has 74 heavy (non-hydrogen) atoms. The fraction of sp³-hybridized carbons (Fsp3) is 0.373. The molecular formula is C51H55N12O10P. The van der Waals surface area contributed by atoms with Crippen LogP contribution in [0.4, 0.5) is 11.6 Å². The number of imidazole rings is 2. The maximum Gasteiger partial charge on any atom is 0.364 e. The molecule has 2 aliphatic rings. The van der Waals surface area contributed by atoms with Crippen molar-refractivity contribution in [1.29, 1.82) is 0 Å². The van der Waals surface area contributed by atoms with E-state index < -0.39 is 50.5 Å². The number of rotatable bonds is 20. The van der Waals surface area contributed by atoms with Crippen LogP contribution in [0.15, 0.2) is 115 Å². The number of aromatic nitrogens is 8. The van der Waals surface area contributed by atoms with Gasteiger partial charge in [-0.25, -0.2) is 36.5 Å².